The van der Waals surface area contributed by atoms with Crippen LogP contribution in [0.15, 0.2) is 76.8 Å². The van der Waals surface area contributed by atoms with Gasteiger partial charge in [0.1, 0.15) is 11.5 Å². The Hall–Kier alpha value is -3.78. The summed E-state index contributed by atoms with van der Waals surface area (Å²) in [6.45, 7) is 2.74. The van der Waals surface area contributed by atoms with E-state index < -0.39 is 17.7 Å². The Morgan fingerprint density at radius 1 is 1.05 bits per heavy atom. The monoisotopic (exact) mass is 565 g/mol. The maximum absolute atomic E-state index is 13.4. The fourth-order valence-corrected chi connectivity index (χ4v) is 4.76. The van der Waals surface area contributed by atoms with Crippen molar-refractivity contribution in [3.8, 4) is 17.2 Å². The number of phenolic OH excluding ortho intramolecular Hbond substituents is 1. The number of nitrogens with zero attached hydrogens (tertiary/aromatic N) is 1. The Balaban J connectivity index is 1.85. The number of likely N-dealkylation sites (tertiary alicyclic amines) is 1. The fraction of sp³-hybridized carbons (Fsp3) is 0.241. The van der Waals surface area contributed by atoms with Gasteiger partial charge < -0.3 is 24.6 Å². The number of aromatic hydroxyl groups is 1. The molecule has 4 rings (SSSR count). The molecular formula is C29H28BrNO6. The maximum atomic E-state index is 13.4. The van der Waals surface area contributed by atoms with Gasteiger partial charge in [0.25, 0.3) is 11.7 Å². The van der Waals surface area contributed by atoms with Crippen LogP contribution in [0.3, 0.4) is 0 Å². The van der Waals surface area contributed by atoms with E-state index in [0.717, 1.165) is 18.4 Å². The van der Waals surface area contributed by atoms with Crippen LogP contribution in [0.25, 0.3) is 5.76 Å². The number of methoxy groups -OCH3 is 1. The van der Waals surface area contributed by atoms with Crippen LogP contribution in [0.1, 0.15) is 42.5 Å². The van der Waals surface area contributed by atoms with Gasteiger partial charge >= 0.3 is 0 Å². The summed E-state index contributed by atoms with van der Waals surface area (Å²) in [5.41, 5.74) is 1.63. The lowest BCUT2D eigenvalue weighted by molar-refractivity contribution is -0.140. The van der Waals surface area contributed by atoms with Crippen LogP contribution in [0.2, 0.25) is 0 Å². The largest absolute Gasteiger partial charge is 0.507 e. The molecule has 1 saturated heterocycles. The first-order valence-corrected chi connectivity index (χ1v) is 12.8. The normalized spacial score (nSPS) is 16.7. The van der Waals surface area contributed by atoms with Gasteiger partial charge in [0.05, 0.1) is 29.8 Å². The molecule has 1 atom stereocenters. The Bertz CT molecular complexity index is 1340. The van der Waals surface area contributed by atoms with Gasteiger partial charge in [0, 0.05) is 12.1 Å². The van der Waals surface area contributed by atoms with Crippen molar-refractivity contribution in [2.75, 3.05) is 13.7 Å². The maximum Gasteiger partial charge on any atom is 0.295 e. The van der Waals surface area contributed by atoms with Crippen molar-refractivity contribution in [2.45, 2.75) is 32.4 Å². The number of ketones is 1. The summed E-state index contributed by atoms with van der Waals surface area (Å²) in [7, 11) is 1.41. The van der Waals surface area contributed by atoms with E-state index in [0.29, 0.717) is 28.0 Å². The Kier molecular flexibility index (Phi) is 8.18. The molecule has 3 aromatic carbocycles. The van der Waals surface area contributed by atoms with Crippen LogP contribution >= 0.6 is 15.9 Å². The van der Waals surface area contributed by atoms with E-state index in [2.05, 4.69) is 22.9 Å². The molecule has 0 saturated carbocycles. The molecule has 1 fully saturated rings. The summed E-state index contributed by atoms with van der Waals surface area (Å²) in [5.74, 6) is -1.21. The van der Waals surface area contributed by atoms with Crippen molar-refractivity contribution in [3.63, 3.8) is 0 Å². The molecule has 0 aromatic heterocycles. The smallest absolute Gasteiger partial charge is 0.295 e. The number of unbranched alkanes of at least 4 members (excludes halogenated alkanes) is 1. The molecule has 7 nitrogen and oxygen atoms in total. The van der Waals surface area contributed by atoms with Gasteiger partial charge in [0.15, 0.2) is 11.5 Å². The molecule has 1 aliphatic rings. The Labute approximate surface area is 224 Å². The summed E-state index contributed by atoms with van der Waals surface area (Å²) in [6.07, 6.45) is 1.87. The van der Waals surface area contributed by atoms with E-state index in [9.17, 15) is 19.8 Å². The number of rotatable bonds is 9. The van der Waals surface area contributed by atoms with Gasteiger partial charge in [-0.15, -0.1) is 0 Å². The van der Waals surface area contributed by atoms with E-state index in [1.165, 1.54) is 12.0 Å². The lowest BCUT2D eigenvalue weighted by atomic mass is 9.94. The van der Waals surface area contributed by atoms with Crippen molar-refractivity contribution >= 4 is 33.4 Å². The molecule has 8 heteroatoms. The predicted octanol–water partition coefficient (Wildman–Crippen LogP) is 5.96. The van der Waals surface area contributed by atoms with Crippen LogP contribution in [0, 0.1) is 0 Å². The molecule has 0 spiro atoms. The molecular weight excluding hydrogens is 538 g/mol. The van der Waals surface area contributed by atoms with Crippen LogP contribution in [-0.4, -0.2) is 40.5 Å². The van der Waals surface area contributed by atoms with Crippen LogP contribution in [0.5, 0.6) is 17.2 Å². The Morgan fingerprint density at radius 3 is 2.51 bits per heavy atom. The van der Waals surface area contributed by atoms with Gasteiger partial charge in [-0.3, -0.25) is 9.59 Å². The first kappa shape index (κ1) is 26.3. The molecule has 0 radical (unpaired) electrons. The zero-order chi connectivity index (χ0) is 26.5. The van der Waals surface area contributed by atoms with E-state index >= 15 is 0 Å². The van der Waals surface area contributed by atoms with Gasteiger partial charge in [-0.2, -0.15) is 0 Å². The van der Waals surface area contributed by atoms with E-state index in [-0.39, 0.29) is 29.4 Å². The second kappa shape index (κ2) is 11.5. The number of benzene rings is 3. The molecule has 1 unspecified atom stereocenters. The van der Waals surface area contributed by atoms with Crippen molar-refractivity contribution in [2.24, 2.45) is 0 Å². The summed E-state index contributed by atoms with van der Waals surface area (Å²) in [4.78, 5) is 28.1. The highest BCUT2D eigenvalue weighted by Crippen LogP contribution is 2.45. The second-order valence-electron chi connectivity index (χ2n) is 8.70. The first-order chi connectivity index (χ1) is 17.8. The van der Waals surface area contributed by atoms with Crippen molar-refractivity contribution < 1.29 is 29.3 Å². The number of carbonyl (C=O) groups is 2. The molecule has 0 bridgehead atoms. The van der Waals surface area contributed by atoms with E-state index in [1.807, 2.05) is 30.3 Å². The van der Waals surface area contributed by atoms with Gasteiger partial charge in [0.2, 0.25) is 0 Å². The lowest BCUT2D eigenvalue weighted by Crippen LogP contribution is -2.29. The minimum atomic E-state index is -0.921. The van der Waals surface area contributed by atoms with E-state index in [1.54, 1.807) is 36.4 Å². The van der Waals surface area contributed by atoms with Crippen molar-refractivity contribution in [1.82, 2.24) is 4.90 Å². The van der Waals surface area contributed by atoms with Gasteiger partial charge in [-0.05, 0) is 57.7 Å². The minimum absolute atomic E-state index is 0.0497. The molecule has 37 heavy (non-hydrogen) atoms. The standard InChI is InChI=1S/C29H28BrNO6/c1-3-4-13-37-21-12-8-11-19(14-21)26(32)24-25(20-15-22(30)27(33)23(16-20)36-2)31(29(35)28(24)34)17-18-9-6-5-7-10-18/h5-12,14-16,25,32-33H,3-4,13,17H2,1-2H3. The number of carbonyl (C=O) groups excluding carboxylic acids is 2. The van der Waals surface area contributed by atoms with E-state index in [4.69, 9.17) is 9.47 Å². The van der Waals surface area contributed by atoms with Gasteiger partial charge in [-0.25, -0.2) is 0 Å². The highest BCUT2D eigenvalue weighted by Gasteiger charge is 2.46. The zero-order valence-electron chi connectivity index (χ0n) is 20.6. The minimum Gasteiger partial charge on any atom is -0.507 e. The highest BCUT2D eigenvalue weighted by molar-refractivity contribution is 9.10. The van der Waals surface area contributed by atoms with Crippen molar-refractivity contribution in [3.05, 3.63) is 93.5 Å². The quantitative estimate of drug-likeness (QED) is 0.144. The molecule has 1 heterocycles. The molecule has 3 aromatic rings. The number of Topliss-reactive ketones (excluding diaryl/α,β-unsaturated/α-hetero) is 1. The van der Waals surface area contributed by atoms with Gasteiger partial charge in [-0.1, -0.05) is 55.8 Å². The third kappa shape index (κ3) is 5.49. The van der Waals surface area contributed by atoms with Crippen LogP contribution in [-0.2, 0) is 16.1 Å². The number of ether oxygens (including phenoxy) is 2. The number of hydrogen-bond acceptors (Lipinski definition) is 6. The summed E-state index contributed by atoms with van der Waals surface area (Å²) < 4.78 is 11.4. The SMILES string of the molecule is CCCCOc1cccc(C(O)=C2C(=O)C(=O)N(Cc3ccccc3)C2c2cc(Br)c(O)c(OC)c2)c1. The number of amides is 1. The number of phenols is 1. The van der Waals surface area contributed by atoms with Crippen LogP contribution < -0.4 is 9.47 Å². The Morgan fingerprint density at radius 2 is 1.81 bits per heavy atom. The molecule has 1 aliphatic heterocycles. The molecule has 192 valence electrons. The number of halogens is 1. The zero-order valence-corrected chi connectivity index (χ0v) is 22.2. The van der Waals surface area contributed by atoms with Crippen LogP contribution in [0.4, 0.5) is 0 Å². The highest BCUT2D eigenvalue weighted by atomic mass is 79.9. The molecule has 2 N–H and O–H groups in total. The van der Waals surface area contributed by atoms with Crippen molar-refractivity contribution in [1.29, 1.82) is 0 Å². The topological polar surface area (TPSA) is 96.3 Å². The number of aliphatic hydroxyl groups is 1. The third-order valence-corrected chi connectivity index (χ3v) is 6.80. The number of hydrogen-bond donors (Lipinski definition) is 2. The first-order valence-electron chi connectivity index (χ1n) is 12.0. The molecule has 1 amide bonds. The molecule has 0 aliphatic carbocycles. The third-order valence-electron chi connectivity index (χ3n) is 6.20. The second-order valence-corrected chi connectivity index (χ2v) is 9.55. The summed E-state index contributed by atoms with van der Waals surface area (Å²) in [6, 6.07) is 18.4. The fourth-order valence-electron chi connectivity index (χ4n) is 4.30. The lowest BCUT2D eigenvalue weighted by Gasteiger charge is -2.26. The number of aliphatic hydroxyl groups excluding tert-OH is 1. The summed E-state index contributed by atoms with van der Waals surface area (Å²) in [5, 5.41) is 21.8. The predicted molar refractivity (Wildman–Crippen MR) is 143 cm³/mol. The average molecular weight is 566 g/mol. The average Bonchev–Trinajstić information content (AvgIpc) is 3.15. The summed E-state index contributed by atoms with van der Waals surface area (Å²) >= 11 is 3.33.